The number of hydrogen-bond acceptors (Lipinski definition) is 6. The smallest absolute Gasteiger partial charge is 0.220 e. The van der Waals surface area contributed by atoms with E-state index in [-0.39, 0.29) is 12.0 Å². The number of nitrogens with one attached hydrogen (secondary N) is 2. The molecule has 0 aromatic heterocycles. The molecule has 7 nitrogen and oxygen atoms in total. The van der Waals surface area contributed by atoms with Crippen LogP contribution in [0.1, 0.15) is 136 Å². The molecule has 0 saturated heterocycles. The van der Waals surface area contributed by atoms with Crippen LogP contribution in [0.4, 0.5) is 0 Å². The van der Waals surface area contributed by atoms with E-state index < -0.39 is 0 Å². The third-order valence-electron chi connectivity index (χ3n) is 14.7. The summed E-state index contributed by atoms with van der Waals surface area (Å²) < 4.78 is 0. The maximum absolute atomic E-state index is 12.8. The summed E-state index contributed by atoms with van der Waals surface area (Å²) in [4.78, 5) is 15.4. The van der Waals surface area contributed by atoms with Gasteiger partial charge in [0.15, 0.2) is 0 Å². The maximum atomic E-state index is 12.8. The van der Waals surface area contributed by atoms with Gasteiger partial charge < -0.3 is 32.1 Å². The Labute approximate surface area is 282 Å². The lowest BCUT2D eigenvalue weighted by Gasteiger charge is -2.62. The minimum absolute atomic E-state index is 0.152. The lowest BCUT2D eigenvalue weighted by Crippen LogP contribution is -2.59. The normalized spacial score (nSPS) is 38.6. The van der Waals surface area contributed by atoms with E-state index in [0.717, 1.165) is 77.8 Å². The van der Waals surface area contributed by atoms with Crippen molar-refractivity contribution < 1.29 is 9.90 Å². The molecule has 0 aromatic carbocycles. The van der Waals surface area contributed by atoms with Gasteiger partial charge in [0.25, 0.3) is 0 Å². The molecule has 0 radical (unpaired) electrons. The van der Waals surface area contributed by atoms with Gasteiger partial charge in [-0.2, -0.15) is 0 Å². The summed E-state index contributed by atoms with van der Waals surface area (Å²) in [5, 5.41) is 19.2. The molecule has 0 heterocycles. The van der Waals surface area contributed by atoms with Crippen molar-refractivity contribution in [1.29, 1.82) is 0 Å². The van der Waals surface area contributed by atoms with Crippen LogP contribution in [0, 0.1) is 46.3 Å². The van der Waals surface area contributed by atoms with Crippen molar-refractivity contribution in [3.63, 3.8) is 0 Å². The quantitative estimate of drug-likeness (QED) is 0.135. The molecule has 7 N–H and O–H groups in total. The van der Waals surface area contributed by atoms with Crippen molar-refractivity contribution in [2.45, 2.75) is 155 Å². The van der Waals surface area contributed by atoms with Crippen molar-refractivity contribution in [2.75, 3.05) is 39.3 Å². The van der Waals surface area contributed by atoms with Crippen LogP contribution in [0.5, 0.6) is 0 Å². The molecule has 7 heteroatoms. The third-order valence-corrected chi connectivity index (χ3v) is 14.7. The average Bonchev–Trinajstić information content (AvgIpc) is 3.41. The summed E-state index contributed by atoms with van der Waals surface area (Å²) in [5.41, 5.74) is 12.2. The van der Waals surface area contributed by atoms with Gasteiger partial charge in [-0.3, -0.25) is 4.79 Å². The number of fused-ring (bicyclic) bond motifs is 5. The van der Waals surface area contributed by atoms with Gasteiger partial charge in [-0.15, -0.1) is 0 Å². The molecule has 0 bridgehead atoms. The molecule has 266 valence electrons. The van der Waals surface area contributed by atoms with Gasteiger partial charge in [-0.25, -0.2) is 0 Å². The molecule has 5 saturated carbocycles. The maximum Gasteiger partial charge on any atom is 0.220 e. The van der Waals surface area contributed by atoms with Gasteiger partial charge in [0, 0.05) is 18.5 Å². The number of amides is 1. The van der Waals surface area contributed by atoms with Gasteiger partial charge in [0.05, 0.1) is 6.10 Å². The summed E-state index contributed by atoms with van der Waals surface area (Å²) in [6.07, 6.45) is 21.0. The highest BCUT2D eigenvalue weighted by Crippen LogP contribution is 2.68. The molecule has 5 aliphatic rings. The van der Waals surface area contributed by atoms with Crippen LogP contribution in [0.15, 0.2) is 0 Å². The minimum Gasteiger partial charge on any atom is -0.393 e. The van der Waals surface area contributed by atoms with Crippen LogP contribution in [0.2, 0.25) is 0 Å². The van der Waals surface area contributed by atoms with Crippen molar-refractivity contribution in [2.24, 2.45) is 57.8 Å². The van der Waals surface area contributed by atoms with Crippen molar-refractivity contribution in [3.05, 3.63) is 0 Å². The first kappa shape index (κ1) is 36.5. The number of nitrogens with two attached hydrogens (primary N) is 2. The van der Waals surface area contributed by atoms with E-state index in [4.69, 9.17) is 11.5 Å². The fourth-order valence-electron chi connectivity index (χ4n) is 12.1. The topological polar surface area (TPSA) is 117 Å². The fourth-order valence-corrected chi connectivity index (χ4v) is 12.1. The fraction of sp³-hybridized carbons (Fsp3) is 0.974. The Morgan fingerprint density at radius 1 is 0.848 bits per heavy atom. The molecule has 46 heavy (non-hydrogen) atoms. The lowest BCUT2D eigenvalue weighted by atomic mass is 9.43. The Kier molecular flexibility index (Phi) is 13.3. The minimum atomic E-state index is -0.152. The number of aliphatic hydroxyl groups excluding tert-OH is 1. The molecule has 5 rings (SSSR count). The Morgan fingerprint density at radius 3 is 2.24 bits per heavy atom. The monoisotopic (exact) mass is 644 g/mol. The van der Waals surface area contributed by atoms with Crippen molar-refractivity contribution >= 4 is 5.91 Å². The van der Waals surface area contributed by atoms with Crippen LogP contribution >= 0.6 is 0 Å². The van der Waals surface area contributed by atoms with E-state index in [2.05, 4.69) is 36.3 Å². The molecule has 1 amide bonds. The predicted molar refractivity (Wildman–Crippen MR) is 190 cm³/mol. The van der Waals surface area contributed by atoms with Crippen LogP contribution in [-0.4, -0.2) is 73.4 Å². The largest absolute Gasteiger partial charge is 0.393 e. The number of rotatable bonds is 16. The second-order valence-electron chi connectivity index (χ2n) is 17.3. The number of nitrogens with zero attached hydrogens (tertiary/aromatic N) is 1. The SMILES string of the molecule is C[C@H](CCC(=O)NC1CCCCC1)[C@H]1CCC2C3C(CC[C@@]21C)[C@@]1(C)CC[C@H](NCCCN(CCCN)CCCN)CC1C[C@H]3O. The predicted octanol–water partition coefficient (Wildman–Crippen LogP) is 5.83. The molecule has 4 unspecified atom stereocenters. The molecular formula is C39H73N5O2. The van der Waals surface area contributed by atoms with Crippen LogP contribution in [0.25, 0.3) is 0 Å². The summed E-state index contributed by atoms with van der Waals surface area (Å²) in [6.45, 7) is 13.5. The molecule has 0 spiro atoms. The summed E-state index contributed by atoms with van der Waals surface area (Å²) in [6, 6.07) is 1.00. The zero-order valence-electron chi connectivity index (χ0n) is 30.1. The third kappa shape index (κ3) is 8.34. The zero-order chi connectivity index (χ0) is 32.7. The lowest BCUT2D eigenvalue weighted by molar-refractivity contribution is -0.167. The van der Waals surface area contributed by atoms with Crippen LogP contribution in [0.3, 0.4) is 0 Å². The summed E-state index contributed by atoms with van der Waals surface area (Å²) in [7, 11) is 0. The van der Waals surface area contributed by atoms with E-state index in [0.29, 0.717) is 64.8 Å². The van der Waals surface area contributed by atoms with E-state index in [1.54, 1.807) is 0 Å². The highest BCUT2D eigenvalue weighted by molar-refractivity contribution is 5.76. The van der Waals surface area contributed by atoms with E-state index in [9.17, 15) is 9.90 Å². The van der Waals surface area contributed by atoms with Gasteiger partial charge in [-0.05, 0) is 175 Å². The molecule has 5 fully saturated rings. The number of aliphatic hydroxyl groups is 1. The Bertz CT molecular complexity index is 935. The first-order valence-corrected chi connectivity index (χ1v) is 20.0. The number of hydrogen-bond donors (Lipinski definition) is 5. The molecule has 0 aliphatic heterocycles. The van der Waals surface area contributed by atoms with E-state index in [1.165, 1.54) is 70.6 Å². The van der Waals surface area contributed by atoms with Crippen molar-refractivity contribution in [3.8, 4) is 0 Å². The van der Waals surface area contributed by atoms with Gasteiger partial charge in [0.2, 0.25) is 5.91 Å². The van der Waals surface area contributed by atoms with Gasteiger partial charge in [-0.1, -0.05) is 40.0 Å². The Balaban J connectivity index is 1.11. The van der Waals surface area contributed by atoms with Crippen molar-refractivity contribution in [1.82, 2.24) is 15.5 Å². The number of carbonyl (C=O) groups is 1. The highest BCUT2D eigenvalue weighted by Gasteiger charge is 2.62. The molecule has 0 aromatic rings. The van der Waals surface area contributed by atoms with Gasteiger partial charge in [0.1, 0.15) is 0 Å². The van der Waals surface area contributed by atoms with E-state index in [1.807, 2.05) is 0 Å². The van der Waals surface area contributed by atoms with E-state index >= 15 is 0 Å². The zero-order valence-corrected chi connectivity index (χ0v) is 30.1. The number of carbonyl (C=O) groups excluding carboxylic acids is 1. The molecule has 10 atom stereocenters. The van der Waals surface area contributed by atoms with Gasteiger partial charge >= 0.3 is 0 Å². The second-order valence-corrected chi connectivity index (χ2v) is 17.3. The average molecular weight is 644 g/mol. The second kappa shape index (κ2) is 16.8. The Hall–Kier alpha value is -0.730. The summed E-state index contributed by atoms with van der Waals surface area (Å²) >= 11 is 0. The van der Waals surface area contributed by atoms with Crippen LogP contribution in [-0.2, 0) is 4.79 Å². The first-order valence-electron chi connectivity index (χ1n) is 20.0. The Morgan fingerprint density at radius 2 is 1.52 bits per heavy atom. The molecular weight excluding hydrogens is 570 g/mol. The standard InChI is InChI=1S/C39H73N5O2/c1-28(12-15-36(46)43-30-10-5-4-6-11-30)32-13-14-33-37-34(17-19-39(32,33)3)38(2)18-16-31(26-29(38)27-35(37)45)42-22-9-25-44(23-7-20-40)24-8-21-41/h28-35,37,42,45H,4-27,40-41H2,1-3H3,(H,43,46)/t28-,29?,31+,32-,33?,34?,35-,37?,38+,39-/m1/s1. The summed E-state index contributed by atoms with van der Waals surface area (Å²) in [5.74, 6) is 3.92. The molecule has 5 aliphatic carbocycles. The first-order chi connectivity index (χ1) is 22.2. The van der Waals surface area contributed by atoms with Crippen LogP contribution < -0.4 is 22.1 Å². The highest BCUT2D eigenvalue weighted by atomic mass is 16.3.